The van der Waals surface area contributed by atoms with Gasteiger partial charge in [-0.2, -0.15) is 0 Å². The Hall–Kier alpha value is -1.02. The van der Waals surface area contributed by atoms with Gasteiger partial charge < -0.3 is 10.1 Å². The van der Waals surface area contributed by atoms with Gasteiger partial charge in [0.05, 0.1) is 6.61 Å². The molecule has 0 bridgehead atoms. The number of aryl methyl sites for hydroxylation is 1. The summed E-state index contributed by atoms with van der Waals surface area (Å²) in [5, 5.41) is 3.48. The van der Waals surface area contributed by atoms with Gasteiger partial charge in [0.25, 0.3) is 0 Å². The van der Waals surface area contributed by atoms with E-state index < -0.39 is 0 Å². The molecule has 2 heteroatoms. The van der Waals surface area contributed by atoms with E-state index in [0.29, 0.717) is 0 Å². The maximum atomic E-state index is 5.63. The average molecular weight is 249 g/mol. The summed E-state index contributed by atoms with van der Waals surface area (Å²) in [7, 11) is 0. The van der Waals surface area contributed by atoms with Crippen LogP contribution in [0.2, 0.25) is 0 Å². The molecule has 0 radical (unpaired) electrons. The summed E-state index contributed by atoms with van der Waals surface area (Å²) in [6.07, 6.45) is 3.56. The van der Waals surface area contributed by atoms with Gasteiger partial charge in [0, 0.05) is 0 Å². The number of unbranched alkanes of at least 4 members (excludes halogenated alkanes) is 1. The second-order valence-corrected chi connectivity index (χ2v) is 5.10. The fraction of sp³-hybridized carbons (Fsp3) is 0.625. The van der Waals surface area contributed by atoms with E-state index in [1.165, 1.54) is 18.4 Å². The summed E-state index contributed by atoms with van der Waals surface area (Å²) in [5.41, 5.74) is 1.34. The third-order valence-corrected chi connectivity index (χ3v) is 2.87. The lowest BCUT2D eigenvalue weighted by Gasteiger charge is -2.10. The Bertz CT molecular complexity index is 323. The Morgan fingerprint density at radius 2 is 1.94 bits per heavy atom. The molecule has 0 aliphatic carbocycles. The van der Waals surface area contributed by atoms with Crippen LogP contribution >= 0.6 is 0 Å². The molecule has 0 heterocycles. The smallest absolute Gasteiger partial charge is 0.122 e. The van der Waals surface area contributed by atoms with Crippen molar-refractivity contribution in [1.29, 1.82) is 0 Å². The van der Waals surface area contributed by atoms with Crippen LogP contribution in [0, 0.1) is 5.92 Å². The molecule has 2 nitrogen and oxygen atoms in total. The van der Waals surface area contributed by atoms with Crippen molar-refractivity contribution >= 4 is 0 Å². The molecule has 1 rings (SSSR count). The molecule has 1 N–H and O–H groups in total. The molecule has 0 atom stereocenters. The highest BCUT2D eigenvalue weighted by Crippen LogP contribution is 2.19. The molecule has 1 aromatic rings. The van der Waals surface area contributed by atoms with Gasteiger partial charge in [-0.25, -0.2) is 0 Å². The summed E-state index contributed by atoms with van der Waals surface area (Å²) >= 11 is 0. The fourth-order valence-corrected chi connectivity index (χ4v) is 1.96. The predicted molar refractivity (Wildman–Crippen MR) is 78.3 cm³/mol. The first-order chi connectivity index (χ1) is 8.74. The lowest BCUT2D eigenvalue weighted by molar-refractivity contribution is 0.336. The molecule has 0 saturated carbocycles. The van der Waals surface area contributed by atoms with Gasteiger partial charge in [-0.15, -0.1) is 0 Å². The quantitative estimate of drug-likeness (QED) is 0.674. The number of benzene rings is 1. The van der Waals surface area contributed by atoms with E-state index in [9.17, 15) is 0 Å². The average Bonchev–Trinajstić information content (AvgIpc) is 2.35. The summed E-state index contributed by atoms with van der Waals surface area (Å²) in [5.74, 6) is 1.79. The van der Waals surface area contributed by atoms with E-state index in [4.69, 9.17) is 4.74 Å². The number of hydrogen-bond acceptors (Lipinski definition) is 2. The van der Waals surface area contributed by atoms with Gasteiger partial charge in [-0.1, -0.05) is 32.0 Å². The maximum Gasteiger partial charge on any atom is 0.122 e. The second-order valence-electron chi connectivity index (χ2n) is 5.10. The summed E-state index contributed by atoms with van der Waals surface area (Å²) in [4.78, 5) is 0. The van der Waals surface area contributed by atoms with Gasteiger partial charge >= 0.3 is 0 Å². The highest BCUT2D eigenvalue weighted by atomic mass is 16.5. The first-order valence-electron chi connectivity index (χ1n) is 7.15. The first kappa shape index (κ1) is 15.0. The summed E-state index contributed by atoms with van der Waals surface area (Å²) in [6.45, 7) is 9.50. The van der Waals surface area contributed by atoms with Crippen molar-refractivity contribution in [2.45, 2.75) is 40.0 Å². The van der Waals surface area contributed by atoms with Crippen LogP contribution in [0.15, 0.2) is 24.3 Å². The van der Waals surface area contributed by atoms with Crippen molar-refractivity contribution in [3.05, 3.63) is 29.8 Å². The first-order valence-corrected chi connectivity index (χ1v) is 7.15. The number of rotatable bonds is 9. The lowest BCUT2D eigenvalue weighted by atomic mass is 10.1. The van der Waals surface area contributed by atoms with Gasteiger partial charge in [0.1, 0.15) is 5.75 Å². The zero-order chi connectivity index (χ0) is 13.2. The van der Waals surface area contributed by atoms with Crippen LogP contribution in [0.3, 0.4) is 0 Å². The standard InChI is InChI=1S/C16H27NO/c1-4-18-16-11-6-5-9-15(16)10-7-8-12-17-13-14(2)3/h5-6,9,11,14,17H,4,7-8,10,12-13H2,1-3H3. The van der Waals surface area contributed by atoms with Crippen LogP contribution in [0.5, 0.6) is 5.75 Å². The SMILES string of the molecule is CCOc1ccccc1CCCCNCC(C)C. The lowest BCUT2D eigenvalue weighted by Crippen LogP contribution is -2.20. The molecule has 1 aromatic carbocycles. The molecule has 0 amide bonds. The molecule has 0 unspecified atom stereocenters. The number of hydrogen-bond donors (Lipinski definition) is 1. The highest BCUT2D eigenvalue weighted by molar-refractivity contribution is 5.33. The molecule has 0 aliphatic heterocycles. The normalized spacial score (nSPS) is 10.9. The zero-order valence-corrected chi connectivity index (χ0v) is 12.0. The second kappa shape index (κ2) is 8.98. The molecule has 0 fully saturated rings. The maximum absolute atomic E-state index is 5.63. The van der Waals surface area contributed by atoms with Crippen LogP contribution in [0.25, 0.3) is 0 Å². The predicted octanol–water partition coefficient (Wildman–Crippen LogP) is 3.65. The van der Waals surface area contributed by atoms with Crippen molar-refractivity contribution in [1.82, 2.24) is 5.32 Å². The number of nitrogens with one attached hydrogen (secondary N) is 1. The van der Waals surface area contributed by atoms with E-state index in [1.54, 1.807) is 0 Å². The third-order valence-electron chi connectivity index (χ3n) is 2.87. The van der Waals surface area contributed by atoms with E-state index >= 15 is 0 Å². The Kier molecular flexibility index (Phi) is 7.51. The summed E-state index contributed by atoms with van der Waals surface area (Å²) < 4.78 is 5.63. The van der Waals surface area contributed by atoms with E-state index in [2.05, 4.69) is 37.4 Å². The van der Waals surface area contributed by atoms with Crippen LogP contribution in [-0.2, 0) is 6.42 Å². The van der Waals surface area contributed by atoms with Crippen molar-refractivity contribution in [2.75, 3.05) is 19.7 Å². The molecular formula is C16H27NO. The molecule has 0 spiro atoms. The van der Waals surface area contributed by atoms with E-state index in [0.717, 1.165) is 37.8 Å². The molecule has 102 valence electrons. The Morgan fingerprint density at radius 3 is 2.67 bits per heavy atom. The van der Waals surface area contributed by atoms with Crippen LogP contribution in [0.4, 0.5) is 0 Å². The minimum Gasteiger partial charge on any atom is -0.494 e. The monoisotopic (exact) mass is 249 g/mol. The van der Waals surface area contributed by atoms with E-state index in [-0.39, 0.29) is 0 Å². The Balaban J connectivity index is 2.22. The largest absolute Gasteiger partial charge is 0.494 e. The van der Waals surface area contributed by atoms with Gasteiger partial charge in [0.15, 0.2) is 0 Å². The van der Waals surface area contributed by atoms with Gasteiger partial charge in [0.2, 0.25) is 0 Å². The number of ether oxygens (including phenoxy) is 1. The molecule has 0 aromatic heterocycles. The van der Waals surface area contributed by atoms with Crippen LogP contribution < -0.4 is 10.1 Å². The van der Waals surface area contributed by atoms with Crippen molar-refractivity contribution in [2.24, 2.45) is 5.92 Å². The van der Waals surface area contributed by atoms with Gasteiger partial charge in [-0.3, -0.25) is 0 Å². The topological polar surface area (TPSA) is 21.3 Å². The minimum absolute atomic E-state index is 0.740. The highest BCUT2D eigenvalue weighted by Gasteiger charge is 2.01. The van der Waals surface area contributed by atoms with Crippen LogP contribution in [-0.4, -0.2) is 19.7 Å². The zero-order valence-electron chi connectivity index (χ0n) is 12.0. The van der Waals surface area contributed by atoms with Crippen molar-refractivity contribution in [3.63, 3.8) is 0 Å². The number of para-hydroxylation sites is 1. The van der Waals surface area contributed by atoms with Crippen molar-refractivity contribution < 1.29 is 4.74 Å². The third kappa shape index (κ3) is 6.06. The van der Waals surface area contributed by atoms with Crippen LogP contribution in [0.1, 0.15) is 39.2 Å². The van der Waals surface area contributed by atoms with Crippen molar-refractivity contribution in [3.8, 4) is 5.75 Å². The molecule has 18 heavy (non-hydrogen) atoms. The Morgan fingerprint density at radius 1 is 1.17 bits per heavy atom. The van der Waals surface area contributed by atoms with E-state index in [1.807, 2.05) is 13.0 Å². The Labute approximate surface area is 112 Å². The molecular weight excluding hydrogens is 222 g/mol. The summed E-state index contributed by atoms with van der Waals surface area (Å²) in [6, 6.07) is 8.37. The molecule has 0 aliphatic rings. The fourth-order valence-electron chi connectivity index (χ4n) is 1.96. The molecule has 0 saturated heterocycles. The minimum atomic E-state index is 0.740. The van der Waals surface area contributed by atoms with Gasteiger partial charge in [-0.05, 0) is 56.8 Å².